The first-order valence-corrected chi connectivity index (χ1v) is 24.7. The van der Waals surface area contributed by atoms with Gasteiger partial charge in [0.15, 0.2) is 0 Å². The van der Waals surface area contributed by atoms with Gasteiger partial charge in [-0.2, -0.15) is 20.3 Å². The SMILES string of the molecule is CCCON1C(C)(C)CC(N(C(=O)C(=O)N(C2CC(C)(C)N(OCCC)C(C)(C)C2)C2CC(C)(C)N(OCCC)C(C)(C)C2)C2CC(C)(C)N(OCCC)C(C)(C)C2)CC1(C)C. The molecule has 4 aliphatic rings. The standard InChI is InChI=1S/C50H96N6O6/c1-21-25-59-53-43(5,6)29-37(30-44(53,7)8)51(38-31-45(9,10)54(60-26-22-2)46(11,12)32-38)41(57)42(58)52(39-33-47(13,14)55(61-27-23-3)48(15,16)34-39)40-35-49(17,18)56(62-28-24-4)50(19,20)36-40/h37-40H,21-36H2,1-20H3. The maximum Gasteiger partial charge on any atom is 0.312 e. The highest BCUT2D eigenvalue weighted by molar-refractivity contribution is 6.35. The van der Waals surface area contributed by atoms with Crippen molar-refractivity contribution < 1.29 is 28.9 Å². The molecule has 0 aromatic heterocycles. The van der Waals surface area contributed by atoms with Gasteiger partial charge in [0.25, 0.3) is 0 Å². The number of rotatable bonds is 16. The van der Waals surface area contributed by atoms with E-state index in [4.69, 9.17) is 19.4 Å². The molecule has 12 heteroatoms. The summed E-state index contributed by atoms with van der Waals surface area (Å²) in [6.07, 6.45) is 9.16. The summed E-state index contributed by atoms with van der Waals surface area (Å²) in [5, 5.41) is 8.73. The van der Waals surface area contributed by atoms with Crippen LogP contribution in [0.1, 0.15) is 216 Å². The van der Waals surface area contributed by atoms with Gasteiger partial charge in [-0.15, -0.1) is 0 Å². The van der Waals surface area contributed by atoms with E-state index in [9.17, 15) is 0 Å². The van der Waals surface area contributed by atoms with Crippen LogP contribution in [0, 0.1) is 0 Å². The Morgan fingerprint density at radius 2 is 0.500 bits per heavy atom. The lowest BCUT2D eigenvalue weighted by atomic mass is 9.74. The van der Waals surface area contributed by atoms with E-state index in [2.05, 4.69) is 169 Å². The molecule has 0 bridgehead atoms. The Balaban J connectivity index is 1.90. The van der Waals surface area contributed by atoms with Crippen molar-refractivity contribution >= 4 is 11.8 Å². The topological polar surface area (TPSA) is 90.5 Å². The third-order valence-electron chi connectivity index (χ3n) is 14.2. The number of hydrogen-bond donors (Lipinski definition) is 0. The van der Waals surface area contributed by atoms with Gasteiger partial charge in [0.1, 0.15) is 0 Å². The summed E-state index contributed by atoms with van der Waals surface area (Å²) in [6, 6.07) is -0.745. The lowest BCUT2D eigenvalue weighted by Crippen LogP contribution is -2.72. The van der Waals surface area contributed by atoms with E-state index in [1.807, 2.05) is 0 Å². The molecule has 0 aliphatic carbocycles. The molecule has 0 atom stereocenters. The average Bonchev–Trinajstić information content (AvgIpc) is 3.08. The predicted molar refractivity (Wildman–Crippen MR) is 251 cm³/mol. The fourth-order valence-electron chi connectivity index (χ4n) is 13.2. The van der Waals surface area contributed by atoms with E-state index in [1.54, 1.807) is 0 Å². The molecular weight excluding hydrogens is 781 g/mol. The third-order valence-corrected chi connectivity index (χ3v) is 14.2. The Bertz CT molecular complexity index is 1230. The smallest absolute Gasteiger partial charge is 0.312 e. The van der Waals surface area contributed by atoms with Gasteiger partial charge >= 0.3 is 11.8 Å². The van der Waals surface area contributed by atoms with Gasteiger partial charge in [0.05, 0.1) is 26.4 Å². The molecular formula is C50H96N6O6. The van der Waals surface area contributed by atoms with Gasteiger partial charge in [0.2, 0.25) is 0 Å². The molecule has 2 amide bonds. The lowest BCUT2D eigenvalue weighted by Gasteiger charge is -2.61. The Morgan fingerprint density at radius 3 is 0.629 bits per heavy atom. The molecule has 362 valence electrons. The summed E-state index contributed by atoms with van der Waals surface area (Å²) < 4.78 is 0. The molecule has 62 heavy (non-hydrogen) atoms. The first-order chi connectivity index (χ1) is 28.4. The fraction of sp³-hybridized carbons (Fsp3) is 0.960. The third kappa shape index (κ3) is 11.4. The van der Waals surface area contributed by atoms with E-state index in [0.717, 1.165) is 25.7 Å². The largest absolute Gasteiger partial charge is 0.328 e. The molecule has 4 saturated heterocycles. The minimum atomic E-state index is -0.391. The van der Waals surface area contributed by atoms with Crippen molar-refractivity contribution in [2.45, 2.75) is 284 Å². The number of hydroxylamine groups is 8. The maximum absolute atomic E-state index is 16.2. The Labute approximate surface area is 380 Å². The van der Waals surface area contributed by atoms with Crippen LogP contribution < -0.4 is 0 Å². The van der Waals surface area contributed by atoms with Crippen molar-refractivity contribution in [3.05, 3.63) is 0 Å². The molecule has 0 saturated carbocycles. The number of carbonyl (C=O) groups is 2. The zero-order valence-corrected chi connectivity index (χ0v) is 43.8. The highest BCUT2D eigenvalue weighted by Gasteiger charge is 2.58. The highest BCUT2D eigenvalue weighted by Crippen LogP contribution is 2.49. The summed E-state index contributed by atoms with van der Waals surface area (Å²) >= 11 is 0. The average molecular weight is 877 g/mol. The van der Waals surface area contributed by atoms with Gasteiger partial charge in [-0.3, -0.25) is 28.9 Å². The molecule has 0 spiro atoms. The van der Waals surface area contributed by atoms with Gasteiger partial charge < -0.3 is 9.80 Å². The van der Waals surface area contributed by atoms with Crippen LogP contribution in [-0.2, 0) is 28.9 Å². The Hall–Kier alpha value is -1.38. The molecule has 0 aromatic carbocycles. The van der Waals surface area contributed by atoms with E-state index in [-0.39, 0.29) is 36.0 Å². The molecule has 12 nitrogen and oxygen atoms in total. The van der Waals surface area contributed by atoms with Gasteiger partial charge in [0, 0.05) is 68.5 Å². The van der Waals surface area contributed by atoms with Crippen LogP contribution in [0.2, 0.25) is 0 Å². The van der Waals surface area contributed by atoms with Crippen molar-refractivity contribution in [2.75, 3.05) is 26.4 Å². The number of piperidine rings is 4. The van der Waals surface area contributed by atoms with Crippen LogP contribution >= 0.6 is 0 Å². The molecule has 0 radical (unpaired) electrons. The van der Waals surface area contributed by atoms with Crippen LogP contribution in [0.15, 0.2) is 0 Å². The monoisotopic (exact) mass is 877 g/mol. The summed E-state index contributed by atoms with van der Waals surface area (Å²) in [4.78, 5) is 62.5. The van der Waals surface area contributed by atoms with Crippen LogP contribution in [0.4, 0.5) is 0 Å². The van der Waals surface area contributed by atoms with Gasteiger partial charge in [-0.05, 0) is 188 Å². The lowest BCUT2D eigenvalue weighted by molar-refractivity contribution is -0.299. The molecule has 0 aromatic rings. The van der Waals surface area contributed by atoms with E-state index in [1.165, 1.54) is 0 Å². The minimum absolute atomic E-state index is 0.186. The van der Waals surface area contributed by atoms with Crippen molar-refractivity contribution in [3.63, 3.8) is 0 Å². The van der Waals surface area contributed by atoms with Crippen LogP contribution in [-0.4, -0.2) is 137 Å². The maximum atomic E-state index is 16.2. The first-order valence-electron chi connectivity index (χ1n) is 24.7. The summed E-state index contributed by atoms with van der Waals surface area (Å²) in [5.74, 6) is -0.741. The number of nitrogens with zero attached hydrogens (tertiary/aromatic N) is 6. The number of amides is 2. The van der Waals surface area contributed by atoms with E-state index >= 15 is 9.59 Å². The normalized spacial score (nSPS) is 27.0. The van der Waals surface area contributed by atoms with Crippen LogP contribution in [0.5, 0.6) is 0 Å². The van der Waals surface area contributed by atoms with E-state index < -0.39 is 44.3 Å². The molecule has 4 rings (SSSR count). The molecule has 4 heterocycles. The van der Waals surface area contributed by atoms with Crippen molar-refractivity contribution in [1.82, 2.24) is 30.1 Å². The quantitative estimate of drug-likeness (QED) is 0.140. The van der Waals surface area contributed by atoms with Crippen LogP contribution in [0.25, 0.3) is 0 Å². The summed E-state index contributed by atoms with van der Waals surface area (Å²) in [5.41, 5.74) is -3.13. The fourth-order valence-corrected chi connectivity index (χ4v) is 13.2. The summed E-state index contributed by atoms with van der Waals surface area (Å²) in [7, 11) is 0. The zero-order valence-electron chi connectivity index (χ0n) is 43.8. The Kier molecular flexibility index (Phi) is 16.7. The molecule has 0 N–H and O–H groups in total. The molecule has 0 unspecified atom stereocenters. The minimum Gasteiger partial charge on any atom is -0.328 e. The molecule has 4 fully saturated rings. The zero-order chi connectivity index (χ0) is 47.1. The Morgan fingerprint density at radius 1 is 0.355 bits per heavy atom. The van der Waals surface area contributed by atoms with Crippen molar-refractivity contribution in [2.24, 2.45) is 0 Å². The second kappa shape index (κ2) is 19.5. The van der Waals surface area contributed by atoms with Crippen molar-refractivity contribution in [3.8, 4) is 0 Å². The van der Waals surface area contributed by atoms with Crippen LogP contribution in [0.3, 0.4) is 0 Å². The van der Waals surface area contributed by atoms with Gasteiger partial charge in [-0.1, -0.05) is 27.7 Å². The second-order valence-electron chi connectivity index (χ2n) is 24.7. The predicted octanol–water partition coefficient (Wildman–Crippen LogP) is 10.1. The second-order valence-corrected chi connectivity index (χ2v) is 24.7. The van der Waals surface area contributed by atoms with Crippen molar-refractivity contribution in [1.29, 1.82) is 0 Å². The molecule has 4 aliphatic heterocycles. The number of carbonyl (C=O) groups excluding carboxylic acids is 2. The van der Waals surface area contributed by atoms with Gasteiger partial charge in [-0.25, -0.2) is 0 Å². The first kappa shape index (κ1) is 53.2. The summed E-state index contributed by atoms with van der Waals surface area (Å²) in [6.45, 7) is 46.9. The number of hydrogen-bond acceptors (Lipinski definition) is 10. The van der Waals surface area contributed by atoms with E-state index in [0.29, 0.717) is 77.8 Å². The highest BCUT2D eigenvalue weighted by atomic mass is 16.7.